The molecule has 1 unspecified atom stereocenters. The van der Waals surface area contributed by atoms with Crippen molar-refractivity contribution in [2.45, 2.75) is 168 Å². The molecule has 0 saturated carbocycles. The number of unbranched alkanes of at least 4 members (excludes halogenated alkanes) is 19. The lowest BCUT2D eigenvalue weighted by atomic mass is 10.1. The van der Waals surface area contributed by atoms with Gasteiger partial charge in [-0.3, -0.25) is 52.1 Å². The van der Waals surface area contributed by atoms with Crippen molar-refractivity contribution in [1.82, 2.24) is 20.4 Å². The average Bonchev–Trinajstić information content (AvgIpc) is 3.31. The van der Waals surface area contributed by atoms with E-state index < -0.39 is 56.3 Å². The molecular formula is C47H89N4O15P. The number of amides is 1. The van der Waals surface area contributed by atoms with Crippen molar-refractivity contribution in [2.24, 2.45) is 0 Å². The molecule has 0 aromatic carbocycles. The second kappa shape index (κ2) is 44.0. The Hall–Kier alpha value is -3.19. The number of carboxylic acids is 1. The van der Waals surface area contributed by atoms with Gasteiger partial charge in [-0.25, -0.2) is 4.57 Å². The van der Waals surface area contributed by atoms with Gasteiger partial charge in [0, 0.05) is 52.7 Å². The summed E-state index contributed by atoms with van der Waals surface area (Å²) < 4.78 is 49.8. The molecule has 20 heteroatoms. The number of phosphoric acid groups is 1. The van der Waals surface area contributed by atoms with Crippen LogP contribution in [0.3, 0.4) is 0 Å². The second-order valence-corrected chi connectivity index (χ2v) is 18.6. The zero-order valence-electron chi connectivity index (χ0n) is 41.8. The minimum Gasteiger partial charge on any atom is -0.480 e. The van der Waals surface area contributed by atoms with E-state index >= 15 is 0 Å². The molecule has 0 rings (SSSR count). The molecule has 0 aromatic heterocycles. The Bertz CT molecular complexity index is 1360. The summed E-state index contributed by atoms with van der Waals surface area (Å²) in [5.74, 6) is -3.60. The standard InChI is InChI=1S/C47H89N4O15P/c1-6-8-10-12-14-16-18-20-22-24-26-28-45(56)66-41(39-63-44(55)27-25-23-21-19-17-15-13-11-9-7-2)40-65-67(59,62-5)64-34-30-49-42(52)36-51(38-47(58)61-4)33-32-50(37-43(53)54)31-29-48-35-46(57)60-3/h41,48H,6-40H2,1-5H3,(H,49,52)(H,53,54)/t41-,67?/m1/s1. The predicted molar refractivity (Wildman–Crippen MR) is 255 cm³/mol. The Balaban J connectivity index is 5.17. The molecule has 392 valence electrons. The van der Waals surface area contributed by atoms with E-state index in [0.29, 0.717) is 12.8 Å². The number of methoxy groups -OCH3 is 2. The number of carbonyl (C=O) groups excluding carboxylic acids is 5. The van der Waals surface area contributed by atoms with Crippen LogP contribution in [0.1, 0.15) is 162 Å². The molecule has 0 heterocycles. The SMILES string of the molecule is CCCCCCCCCCCCCC(=O)O[C@H](COC(=O)CCCCCCCCCCCC)COP(=O)(OC)OCCNC(=O)CN(CCN(CCNCC(=O)OC)CC(=O)O)CC(=O)OC. The molecule has 3 N–H and O–H groups in total. The van der Waals surface area contributed by atoms with Crippen molar-refractivity contribution < 1.29 is 71.0 Å². The number of hydrogen-bond acceptors (Lipinski definition) is 17. The maximum absolute atomic E-state index is 13.4. The third-order valence-corrected chi connectivity index (χ3v) is 12.3. The lowest BCUT2D eigenvalue weighted by Gasteiger charge is -2.26. The molecule has 1 amide bonds. The van der Waals surface area contributed by atoms with Gasteiger partial charge in [-0.05, 0) is 12.8 Å². The summed E-state index contributed by atoms with van der Waals surface area (Å²) in [6.45, 7) is 3.18. The Morgan fingerprint density at radius 3 is 1.57 bits per heavy atom. The van der Waals surface area contributed by atoms with Crippen LogP contribution in [0.5, 0.6) is 0 Å². The summed E-state index contributed by atoms with van der Waals surface area (Å²) in [5.41, 5.74) is 0. The Morgan fingerprint density at radius 1 is 0.552 bits per heavy atom. The van der Waals surface area contributed by atoms with E-state index in [2.05, 4.69) is 29.2 Å². The molecule has 0 saturated heterocycles. The third kappa shape index (κ3) is 40.4. The van der Waals surface area contributed by atoms with E-state index in [1.165, 1.54) is 103 Å². The first-order chi connectivity index (χ1) is 32.3. The van der Waals surface area contributed by atoms with Crippen LogP contribution in [0.15, 0.2) is 0 Å². The number of ether oxygens (including phenoxy) is 4. The predicted octanol–water partition coefficient (Wildman–Crippen LogP) is 6.98. The van der Waals surface area contributed by atoms with Crippen LogP contribution in [-0.2, 0) is 65.9 Å². The fourth-order valence-corrected chi connectivity index (χ4v) is 7.89. The van der Waals surface area contributed by atoms with E-state index in [0.717, 1.165) is 45.6 Å². The van der Waals surface area contributed by atoms with Gasteiger partial charge in [0.1, 0.15) is 6.61 Å². The summed E-state index contributed by atoms with van der Waals surface area (Å²) in [6.07, 6.45) is 23.1. The van der Waals surface area contributed by atoms with Crippen molar-refractivity contribution >= 4 is 43.6 Å². The number of rotatable bonds is 48. The van der Waals surface area contributed by atoms with E-state index in [-0.39, 0.29) is 85.0 Å². The van der Waals surface area contributed by atoms with Crippen molar-refractivity contribution in [3.05, 3.63) is 0 Å². The topological polar surface area (TPSA) is 235 Å². The summed E-state index contributed by atoms with van der Waals surface area (Å²) >= 11 is 0. The monoisotopic (exact) mass is 981 g/mol. The number of nitrogens with zero attached hydrogens (tertiary/aromatic N) is 2. The van der Waals surface area contributed by atoms with Crippen LogP contribution >= 0.6 is 7.82 Å². The van der Waals surface area contributed by atoms with Gasteiger partial charge in [0.05, 0.1) is 53.6 Å². The molecule has 0 fully saturated rings. The fraction of sp³-hybridized carbons (Fsp3) is 0.872. The molecule has 0 aliphatic heterocycles. The highest BCUT2D eigenvalue weighted by atomic mass is 31.2. The molecule has 0 spiro atoms. The van der Waals surface area contributed by atoms with E-state index in [1.54, 1.807) is 4.90 Å². The van der Waals surface area contributed by atoms with Crippen LogP contribution in [0.25, 0.3) is 0 Å². The highest BCUT2D eigenvalue weighted by Crippen LogP contribution is 2.48. The number of nitrogens with one attached hydrogen (secondary N) is 2. The Kier molecular flexibility index (Phi) is 41.9. The lowest BCUT2D eigenvalue weighted by molar-refractivity contribution is -0.161. The van der Waals surface area contributed by atoms with Crippen molar-refractivity contribution in [3.63, 3.8) is 0 Å². The number of carboxylic acid groups (broad SMARTS) is 1. The minimum atomic E-state index is -4.23. The molecule has 0 aliphatic carbocycles. The van der Waals surface area contributed by atoms with Crippen LogP contribution in [0, 0.1) is 0 Å². The van der Waals surface area contributed by atoms with Crippen molar-refractivity contribution in [3.8, 4) is 0 Å². The van der Waals surface area contributed by atoms with Gasteiger partial charge in [0.25, 0.3) is 0 Å². The number of phosphoric ester groups is 1. The largest absolute Gasteiger partial charge is 0.480 e. The summed E-state index contributed by atoms with van der Waals surface area (Å²) in [4.78, 5) is 76.5. The molecule has 67 heavy (non-hydrogen) atoms. The molecule has 2 atom stereocenters. The van der Waals surface area contributed by atoms with Gasteiger partial charge < -0.3 is 34.7 Å². The quantitative estimate of drug-likeness (QED) is 0.0241. The van der Waals surface area contributed by atoms with Gasteiger partial charge in [-0.2, -0.15) is 0 Å². The molecule has 0 aliphatic rings. The molecule has 19 nitrogen and oxygen atoms in total. The van der Waals surface area contributed by atoms with Crippen molar-refractivity contribution in [1.29, 1.82) is 0 Å². The highest BCUT2D eigenvalue weighted by molar-refractivity contribution is 7.48. The Labute approximate surface area is 401 Å². The van der Waals surface area contributed by atoms with Gasteiger partial charge in [-0.15, -0.1) is 0 Å². The van der Waals surface area contributed by atoms with Gasteiger partial charge in [0.2, 0.25) is 5.91 Å². The number of hydrogen-bond donors (Lipinski definition) is 3. The molecule has 0 aromatic rings. The first-order valence-electron chi connectivity index (χ1n) is 24.9. The summed E-state index contributed by atoms with van der Waals surface area (Å²) in [5, 5.41) is 14.8. The number of esters is 4. The van der Waals surface area contributed by atoms with Crippen LogP contribution in [0.2, 0.25) is 0 Å². The molecule has 0 bridgehead atoms. The zero-order valence-corrected chi connectivity index (χ0v) is 42.7. The first kappa shape index (κ1) is 63.8. The zero-order chi connectivity index (χ0) is 49.8. The number of carbonyl (C=O) groups is 6. The van der Waals surface area contributed by atoms with Crippen LogP contribution in [-0.4, -0.2) is 157 Å². The highest BCUT2D eigenvalue weighted by Gasteiger charge is 2.29. The smallest absolute Gasteiger partial charge is 0.474 e. The van der Waals surface area contributed by atoms with E-state index in [1.807, 2.05) is 0 Å². The molecule has 0 radical (unpaired) electrons. The second-order valence-electron chi connectivity index (χ2n) is 16.8. The average molecular weight is 981 g/mol. The van der Waals surface area contributed by atoms with Crippen LogP contribution in [0.4, 0.5) is 0 Å². The van der Waals surface area contributed by atoms with Gasteiger partial charge in [-0.1, -0.05) is 136 Å². The minimum absolute atomic E-state index is 0.0478. The Morgan fingerprint density at radius 2 is 1.06 bits per heavy atom. The van der Waals surface area contributed by atoms with E-state index in [4.69, 9.17) is 27.8 Å². The number of aliphatic carboxylic acids is 1. The maximum atomic E-state index is 13.4. The normalized spacial score (nSPS) is 12.7. The van der Waals surface area contributed by atoms with Crippen LogP contribution < -0.4 is 10.6 Å². The van der Waals surface area contributed by atoms with E-state index in [9.17, 15) is 38.4 Å². The molecular weight excluding hydrogens is 892 g/mol. The van der Waals surface area contributed by atoms with Crippen molar-refractivity contribution in [2.75, 3.05) is 100 Å². The maximum Gasteiger partial charge on any atom is 0.474 e. The fourth-order valence-electron chi connectivity index (χ4n) is 6.94. The third-order valence-electron chi connectivity index (χ3n) is 10.9. The lowest BCUT2D eigenvalue weighted by Crippen LogP contribution is -2.46. The van der Waals surface area contributed by atoms with Gasteiger partial charge >= 0.3 is 37.7 Å². The van der Waals surface area contributed by atoms with Gasteiger partial charge in [0.15, 0.2) is 6.10 Å². The summed E-state index contributed by atoms with van der Waals surface area (Å²) in [6, 6.07) is 0. The first-order valence-corrected chi connectivity index (χ1v) is 26.3. The summed E-state index contributed by atoms with van der Waals surface area (Å²) in [7, 11) is -0.655.